The highest BCUT2D eigenvalue weighted by Gasteiger charge is 2.46. The summed E-state index contributed by atoms with van der Waals surface area (Å²) in [7, 11) is 1.66. The molecule has 1 amide bonds. The van der Waals surface area contributed by atoms with Crippen molar-refractivity contribution < 1.29 is 9.53 Å². The maximum absolute atomic E-state index is 13.2. The number of nitrogens with zero attached hydrogens (tertiary/aromatic N) is 7. The lowest BCUT2D eigenvalue weighted by molar-refractivity contribution is 0.0557. The second-order valence-electron chi connectivity index (χ2n) is 11.2. The number of aromatic nitrogens is 7. The van der Waals surface area contributed by atoms with Gasteiger partial charge in [-0.25, -0.2) is 4.98 Å². The van der Waals surface area contributed by atoms with Crippen molar-refractivity contribution in [3.63, 3.8) is 0 Å². The van der Waals surface area contributed by atoms with Gasteiger partial charge in [-0.3, -0.25) is 9.78 Å². The summed E-state index contributed by atoms with van der Waals surface area (Å²) >= 11 is 0. The molecule has 1 aliphatic carbocycles. The van der Waals surface area contributed by atoms with Gasteiger partial charge >= 0.3 is 0 Å². The van der Waals surface area contributed by atoms with Gasteiger partial charge < -0.3 is 20.4 Å². The van der Waals surface area contributed by atoms with Crippen LogP contribution in [0.25, 0.3) is 27.7 Å². The highest BCUT2D eigenvalue weighted by atomic mass is 16.5. The Morgan fingerprint density at radius 1 is 1.07 bits per heavy atom. The van der Waals surface area contributed by atoms with Gasteiger partial charge in [0.15, 0.2) is 5.65 Å². The highest BCUT2D eigenvalue weighted by Crippen LogP contribution is 2.50. The molecular weight excluding hydrogens is 506 g/mol. The van der Waals surface area contributed by atoms with Crippen LogP contribution in [0.15, 0.2) is 43.0 Å². The maximum atomic E-state index is 13.2. The molecule has 6 heterocycles. The lowest BCUT2D eigenvalue weighted by Crippen LogP contribution is -2.46. The van der Waals surface area contributed by atoms with E-state index in [1.165, 1.54) is 6.33 Å². The zero-order chi connectivity index (χ0) is 27.0. The number of hydrogen-bond donors (Lipinski definition) is 2. The third-order valence-electron chi connectivity index (χ3n) is 8.91. The number of carbonyl (C=O) groups excluding carboxylic acids is 1. The molecule has 5 aromatic rings. The topological polar surface area (TPSA) is 140 Å². The first-order valence-electron chi connectivity index (χ1n) is 13.9. The Bertz CT molecular complexity index is 1760. The standard InChI is InChI=1S/C29H29N9O2/c1-40-21-6-7-23-16(11-21)8-18(12-31-23)22-13-34-38-26(30)24(15-2-3-15)25(35-28(22)38)17-9-19-4-5-20(10-17)37(19)29(39)27-32-14-33-36-27/h6-8,11-15,17,19-20H,2-5,9-10,30H2,1H3,(H,32,33,36)/t17-,19-,20+. The fraction of sp³-hybridized carbons (Fsp3) is 0.379. The van der Waals surface area contributed by atoms with Crippen LogP contribution in [0, 0.1) is 0 Å². The van der Waals surface area contributed by atoms with Gasteiger partial charge in [0, 0.05) is 46.3 Å². The third kappa shape index (κ3) is 3.56. The van der Waals surface area contributed by atoms with Crippen molar-refractivity contribution >= 4 is 28.3 Å². The lowest BCUT2D eigenvalue weighted by atomic mass is 9.85. The average molecular weight is 536 g/mol. The molecule has 11 heteroatoms. The molecule has 8 rings (SSSR count). The first kappa shape index (κ1) is 23.4. The van der Waals surface area contributed by atoms with Crippen molar-refractivity contribution in [1.82, 2.24) is 39.7 Å². The predicted molar refractivity (Wildman–Crippen MR) is 148 cm³/mol. The summed E-state index contributed by atoms with van der Waals surface area (Å²) < 4.78 is 7.21. The van der Waals surface area contributed by atoms with Crippen molar-refractivity contribution in [3.05, 3.63) is 60.1 Å². The Labute approximate surface area is 229 Å². The Morgan fingerprint density at radius 2 is 1.90 bits per heavy atom. The molecule has 1 aromatic carbocycles. The van der Waals surface area contributed by atoms with Crippen molar-refractivity contribution in [3.8, 4) is 16.9 Å². The lowest BCUT2D eigenvalue weighted by Gasteiger charge is -2.39. The van der Waals surface area contributed by atoms with Crippen molar-refractivity contribution in [2.24, 2.45) is 0 Å². The first-order chi connectivity index (χ1) is 19.6. The minimum Gasteiger partial charge on any atom is -0.497 e. The number of H-pyrrole nitrogens is 1. The number of nitrogen functional groups attached to an aromatic ring is 1. The summed E-state index contributed by atoms with van der Waals surface area (Å²) in [5, 5.41) is 13.4. The fourth-order valence-corrected chi connectivity index (χ4v) is 6.90. The summed E-state index contributed by atoms with van der Waals surface area (Å²) in [6.45, 7) is 0. The van der Waals surface area contributed by atoms with Gasteiger partial charge in [0.2, 0.25) is 5.82 Å². The SMILES string of the molecule is COc1ccc2ncc(-c3cnn4c(N)c(C5CC5)c([C@@H]5C[C@H]6CC[C@@H](C5)N6C(=O)c5nnc[nH]5)nc34)cc2c1. The largest absolute Gasteiger partial charge is 0.497 e. The molecule has 4 aromatic heterocycles. The monoisotopic (exact) mass is 535 g/mol. The molecule has 3 fully saturated rings. The number of hydrogen-bond acceptors (Lipinski definition) is 8. The second-order valence-corrected chi connectivity index (χ2v) is 11.2. The van der Waals surface area contributed by atoms with Crippen molar-refractivity contribution in [2.75, 3.05) is 12.8 Å². The molecule has 0 unspecified atom stereocenters. The number of carbonyl (C=O) groups is 1. The number of nitrogens with two attached hydrogens (primary N) is 1. The van der Waals surface area contributed by atoms with Crippen LogP contribution in [-0.4, -0.2) is 64.8 Å². The normalized spacial score (nSPS) is 22.3. The minimum atomic E-state index is -0.0627. The van der Waals surface area contributed by atoms with Gasteiger partial charge in [-0.2, -0.15) is 9.61 Å². The van der Waals surface area contributed by atoms with Gasteiger partial charge in [0.1, 0.15) is 17.9 Å². The molecule has 3 atom stereocenters. The number of amides is 1. The Balaban J connectivity index is 1.20. The third-order valence-corrected chi connectivity index (χ3v) is 8.91. The minimum absolute atomic E-state index is 0.0627. The molecule has 0 radical (unpaired) electrons. The van der Waals surface area contributed by atoms with E-state index in [-0.39, 0.29) is 23.9 Å². The smallest absolute Gasteiger partial charge is 0.292 e. The zero-order valence-corrected chi connectivity index (χ0v) is 22.1. The molecule has 11 nitrogen and oxygen atoms in total. The number of anilines is 1. The van der Waals surface area contributed by atoms with Crippen LogP contribution < -0.4 is 10.5 Å². The first-order valence-corrected chi connectivity index (χ1v) is 13.9. The molecule has 3 aliphatic rings. The van der Waals surface area contributed by atoms with Gasteiger partial charge in [-0.1, -0.05) is 0 Å². The Hall–Kier alpha value is -4.54. The summed E-state index contributed by atoms with van der Waals surface area (Å²) in [4.78, 5) is 28.1. The quantitative estimate of drug-likeness (QED) is 0.343. The van der Waals surface area contributed by atoms with Crippen LogP contribution in [0.1, 0.15) is 72.2 Å². The summed E-state index contributed by atoms with van der Waals surface area (Å²) in [6.07, 6.45) is 11.1. The maximum Gasteiger partial charge on any atom is 0.292 e. The summed E-state index contributed by atoms with van der Waals surface area (Å²) in [5.74, 6) is 2.35. The van der Waals surface area contributed by atoms with E-state index in [1.54, 1.807) is 11.6 Å². The van der Waals surface area contributed by atoms with Crippen molar-refractivity contribution in [2.45, 2.75) is 62.4 Å². The molecule has 0 spiro atoms. The van der Waals surface area contributed by atoms with E-state index in [0.29, 0.717) is 17.6 Å². The summed E-state index contributed by atoms with van der Waals surface area (Å²) in [5.41, 5.74) is 12.5. The molecule has 3 N–H and O–H groups in total. The highest BCUT2D eigenvalue weighted by molar-refractivity contribution is 5.91. The zero-order valence-electron chi connectivity index (χ0n) is 22.1. The van der Waals surface area contributed by atoms with Gasteiger partial charge in [-0.05, 0) is 68.7 Å². The molecule has 1 saturated carbocycles. The van der Waals surface area contributed by atoms with E-state index < -0.39 is 0 Å². The molecule has 2 bridgehead atoms. The van der Waals surface area contributed by atoms with Gasteiger partial charge in [0.05, 0.1) is 24.5 Å². The van der Waals surface area contributed by atoms with Crippen LogP contribution in [0.2, 0.25) is 0 Å². The molecular formula is C29H29N9O2. The van der Waals surface area contributed by atoms with Crippen LogP contribution in [0.4, 0.5) is 5.82 Å². The van der Waals surface area contributed by atoms with E-state index in [9.17, 15) is 4.79 Å². The van der Waals surface area contributed by atoms with Crippen LogP contribution >= 0.6 is 0 Å². The molecule has 2 aliphatic heterocycles. The molecule has 202 valence electrons. The number of nitrogens with one attached hydrogen (secondary N) is 1. The van der Waals surface area contributed by atoms with Gasteiger partial charge in [-0.15, -0.1) is 10.2 Å². The Kier molecular flexibility index (Phi) is 5.10. The fourth-order valence-electron chi connectivity index (χ4n) is 6.90. The molecule has 40 heavy (non-hydrogen) atoms. The van der Waals surface area contributed by atoms with E-state index in [0.717, 1.165) is 83.2 Å². The van der Waals surface area contributed by atoms with Crippen LogP contribution in [0.5, 0.6) is 5.75 Å². The van der Waals surface area contributed by atoms with Crippen LogP contribution in [0.3, 0.4) is 0 Å². The number of aromatic amines is 1. The Morgan fingerprint density at radius 3 is 2.62 bits per heavy atom. The predicted octanol–water partition coefficient (Wildman–Crippen LogP) is 4.08. The summed E-state index contributed by atoms with van der Waals surface area (Å²) in [6, 6.07) is 8.25. The van der Waals surface area contributed by atoms with E-state index >= 15 is 0 Å². The van der Waals surface area contributed by atoms with E-state index in [4.69, 9.17) is 15.5 Å². The number of benzene rings is 1. The van der Waals surface area contributed by atoms with Crippen LogP contribution in [-0.2, 0) is 0 Å². The number of ether oxygens (including phenoxy) is 1. The number of fused-ring (bicyclic) bond motifs is 4. The number of piperidine rings is 1. The number of methoxy groups -OCH3 is 1. The van der Waals surface area contributed by atoms with Crippen molar-refractivity contribution in [1.29, 1.82) is 0 Å². The van der Waals surface area contributed by atoms with Gasteiger partial charge in [0.25, 0.3) is 5.91 Å². The second kappa shape index (κ2) is 8.73. The number of pyridine rings is 1. The van der Waals surface area contributed by atoms with E-state index in [2.05, 4.69) is 31.3 Å². The average Bonchev–Trinajstić information content (AvgIpc) is 3.36. The van der Waals surface area contributed by atoms with E-state index in [1.807, 2.05) is 35.5 Å². The number of rotatable bonds is 5. The molecule has 2 saturated heterocycles.